The van der Waals surface area contributed by atoms with Crippen LogP contribution in [0.15, 0.2) is 42.5 Å². The molecule has 0 bridgehead atoms. The molecule has 1 atom stereocenters. The molecular formula is C14H15ClO2. The van der Waals surface area contributed by atoms with Gasteiger partial charge in [0.25, 0.3) is 0 Å². The zero-order chi connectivity index (χ0) is 12.3. The largest absolute Gasteiger partial charge is 0.497 e. The molecule has 2 rings (SSSR count). The molecule has 1 aromatic rings. The Morgan fingerprint density at radius 1 is 1.47 bits per heavy atom. The minimum Gasteiger partial charge on any atom is -0.497 e. The molecule has 2 nitrogen and oxygen atoms in total. The third-order valence-electron chi connectivity index (χ3n) is 2.91. The molecule has 3 heteroatoms. The lowest BCUT2D eigenvalue weighted by molar-refractivity contribution is 0.195. The molecule has 0 aromatic heterocycles. The highest BCUT2D eigenvalue weighted by Crippen LogP contribution is 2.32. The van der Waals surface area contributed by atoms with Gasteiger partial charge in [0.1, 0.15) is 5.75 Å². The molecule has 1 heterocycles. The monoisotopic (exact) mass is 250 g/mol. The van der Waals surface area contributed by atoms with E-state index in [-0.39, 0.29) is 5.92 Å². The van der Waals surface area contributed by atoms with Crippen LogP contribution in [-0.4, -0.2) is 20.3 Å². The van der Waals surface area contributed by atoms with Gasteiger partial charge in [0.2, 0.25) is 0 Å². The van der Waals surface area contributed by atoms with Crippen molar-refractivity contribution in [1.82, 2.24) is 0 Å². The molecule has 1 unspecified atom stereocenters. The summed E-state index contributed by atoms with van der Waals surface area (Å²) in [4.78, 5) is 0. The van der Waals surface area contributed by atoms with E-state index in [9.17, 15) is 0 Å². The lowest BCUT2D eigenvalue weighted by atomic mass is 10.00. The van der Waals surface area contributed by atoms with E-state index in [0.717, 1.165) is 21.9 Å². The van der Waals surface area contributed by atoms with Crippen LogP contribution in [0, 0.1) is 5.92 Å². The third kappa shape index (κ3) is 2.54. The van der Waals surface area contributed by atoms with Crippen molar-refractivity contribution in [2.75, 3.05) is 20.3 Å². The molecule has 1 aliphatic heterocycles. The van der Waals surface area contributed by atoms with Crippen molar-refractivity contribution in [2.24, 2.45) is 5.92 Å². The van der Waals surface area contributed by atoms with E-state index in [2.05, 4.69) is 6.58 Å². The standard InChI is InChI=1S/C14H15ClO2/c1-3-10-8-17-9-13(10)14(15)11-4-6-12(16-2)7-5-11/h3-7,10H,1,8-9H2,2H3/b14-13-. The predicted molar refractivity (Wildman–Crippen MR) is 70.3 cm³/mol. The summed E-state index contributed by atoms with van der Waals surface area (Å²) >= 11 is 6.39. The summed E-state index contributed by atoms with van der Waals surface area (Å²) in [5.74, 6) is 1.05. The third-order valence-corrected chi connectivity index (χ3v) is 3.37. The van der Waals surface area contributed by atoms with Crippen molar-refractivity contribution in [3.05, 3.63) is 48.1 Å². The number of benzene rings is 1. The average Bonchev–Trinajstić information content (AvgIpc) is 2.86. The molecule has 0 aliphatic carbocycles. The topological polar surface area (TPSA) is 18.5 Å². The fourth-order valence-electron chi connectivity index (χ4n) is 1.86. The Kier molecular flexibility index (Phi) is 3.87. The summed E-state index contributed by atoms with van der Waals surface area (Å²) in [5, 5.41) is 0.759. The lowest BCUT2D eigenvalue weighted by Gasteiger charge is -2.08. The van der Waals surface area contributed by atoms with E-state index in [0.29, 0.717) is 13.2 Å². The van der Waals surface area contributed by atoms with E-state index < -0.39 is 0 Å². The molecule has 0 amide bonds. The molecule has 0 saturated carbocycles. The Hall–Kier alpha value is -1.25. The van der Waals surface area contributed by atoms with Gasteiger partial charge in [-0.1, -0.05) is 17.7 Å². The molecule has 0 spiro atoms. The van der Waals surface area contributed by atoms with Gasteiger partial charge in [0, 0.05) is 11.0 Å². The maximum Gasteiger partial charge on any atom is 0.118 e. The maximum absolute atomic E-state index is 6.39. The predicted octanol–water partition coefficient (Wildman–Crippen LogP) is 3.48. The number of methoxy groups -OCH3 is 1. The fourth-order valence-corrected chi connectivity index (χ4v) is 2.18. The molecule has 1 aromatic carbocycles. The number of ether oxygens (including phenoxy) is 2. The van der Waals surface area contributed by atoms with Crippen molar-refractivity contribution < 1.29 is 9.47 Å². The van der Waals surface area contributed by atoms with Crippen molar-refractivity contribution in [2.45, 2.75) is 0 Å². The number of rotatable bonds is 3. The van der Waals surface area contributed by atoms with Gasteiger partial charge in [-0.2, -0.15) is 0 Å². The second kappa shape index (κ2) is 5.39. The Labute approximate surface area is 106 Å². The molecule has 0 N–H and O–H groups in total. The molecule has 90 valence electrons. The SMILES string of the molecule is C=CC1COC/C1=C(/Cl)c1ccc(OC)cc1. The van der Waals surface area contributed by atoms with Gasteiger partial charge < -0.3 is 9.47 Å². The first-order chi connectivity index (χ1) is 8.26. The van der Waals surface area contributed by atoms with Crippen LogP contribution in [0.25, 0.3) is 5.03 Å². The van der Waals surface area contributed by atoms with Crippen LogP contribution in [0.1, 0.15) is 5.56 Å². The van der Waals surface area contributed by atoms with Crippen molar-refractivity contribution in [3.8, 4) is 5.75 Å². The van der Waals surface area contributed by atoms with Crippen LogP contribution in [-0.2, 0) is 4.74 Å². The van der Waals surface area contributed by atoms with E-state index in [1.807, 2.05) is 30.3 Å². The summed E-state index contributed by atoms with van der Waals surface area (Å²) in [6.07, 6.45) is 1.88. The highest BCUT2D eigenvalue weighted by atomic mass is 35.5. The van der Waals surface area contributed by atoms with Crippen LogP contribution in [0.2, 0.25) is 0 Å². The summed E-state index contributed by atoms with van der Waals surface area (Å²) < 4.78 is 10.5. The smallest absolute Gasteiger partial charge is 0.118 e. The van der Waals surface area contributed by atoms with Crippen LogP contribution in [0.5, 0.6) is 5.75 Å². The van der Waals surface area contributed by atoms with Gasteiger partial charge in [-0.15, -0.1) is 6.58 Å². The summed E-state index contributed by atoms with van der Waals surface area (Å²) in [7, 11) is 1.65. The Morgan fingerprint density at radius 2 is 2.18 bits per heavy atom. The van der Waals surface area contributed by atoms with Crippen LogP contribution in [0.3, 0.4) is 0 Å². The van der Waals surface area contributed by atoms with Gasteiger partial charge in [-0.05, 0) is 35.4 Å². The van der Waals surface area contributed by atoms with E-state index >= 15 is 0 Å². The second-order valence-electron chi connectivity index (χ2n) is 3.93. The molecule has 1 fully saturated rings. The lowest BCUT2D eigenvalue weighted by Crippen LogP contribution is -1.98. The zero-order valence-corrected chi connectivity index (χ0v) is 10.5. The van der Waals surface area contributed by atoms with Crippen molar-refractivity contribution in [1.29, 1.82) is 0 Å². The number of hydrogen-bond acceptors (Lipinski definition) is 2. The van der Waals surface area contributed by atoms with Crippen molar-refractivity contribution >= 4 is 16.6 Å². The van der Waals surface area contributed by atoms with Gasteiger partial charge in [0.15, 0.2) is 0 Å². The Bertz CT molecular complexity index is 434. The van der Waals surface area contributed by atoms with Gasteiger partial charge in [-0.3, -0.25) is 0 Å². The number of hydrogen-bond donors (Lipinski definition) is 0. The first-order valence-electron chi connectivity index (χ1n) is 5.49. The van der Waals surface area contributed by atoms with E-state index in [4.69, 9.17) is 21.1 Å². The Balaban J connectivity index is 2.31. The van der Waals surface area contributed by atoms with Crippen molar-refractivity contribution in [3.63, 3.8) is 0 Å². The van der Waals surface area contributed by atoms with E-state index in [1.165, 1.54) is 0 Å². The first kappa shape index (κ1) is 12.2. The molecule has 1 aliphatic rings. The first-order valence-corrected chi connectivity index (χ1v) is 5.87. The fraction of sp³-hybridized carbons (Fsp3) is 0.286. The molecule has 1 saturated heterocycles. The second-order valence-corrected chi connectivity index (χ2v) is 4.30. The zero-order valence-electron chi connectivity index (χ0n) is 9.78. The van der Waals surface area contributed by atoms with E-state index in [1.54, 1.807) is 7.11 Å². The summed E-state index contributed by atoms with van der Waals surface area (Å²) in [6.45, 7) is 5.06. The highest BCUT2D eigenvalue weighted by molar-refractivity contribution is 6.49. The number of halogens is 1. The average molecular weight is 251 g/mol. The van der Waals surface area contributed by atoms with Crippen LogP contribution in [0.4, 0.5) is 0 Å². The summed E-state index contributed by atoms with van der Waals surface area (Å²) in [6, 6.07) is 7.70. The molecular weight excluding hydrogens is 236 g/mol. The van der Waals surface area contributed by atoms with Crippen LogP contribution < -0.4 is 4.74 Å². The van der Waals surface area contributed by atoms with Crippen LogP contribution >= 0.6 is 11.6 Å². The minimum absolute atomic E-state index is 0.226. The quantitative estimate of drug-likeness (QED) is 0.765. The van der Waals surface area contributed by atoms with Gasteiger partial charge in [-0.25, -0.2) is 0 Å². The summed E-state index contributed by atoms with van der Waals surface area (Å²) in [5.41, 5.74) is 2.09. The molecule has 17 heavy (non-hydrogen) atoms. The Morgan fingerprint density at radius 3 is 2.76 bits per heavy atom. The van der Waals surface area contributed by atoms with Gasteiger partial charge in [0.05, 0.1) is 20.3 Å². The maximum atomic E-state index is 6.39. The highest BCUT2D eigenvalue weighted by Gasteiger charge is 2.22. The molecule has 0 radical (unpaired) electrons. The minimum atomic E-state index is 0.226. The normalized spacial score (nSPS) is 22.4. The van der Waals surface area contributed by atoms with Gasteiger partial charge >= 0.3 is 0 Å².